The minimum Gasteiger partial charge on any atom is -0.481 e. The van der Waals surface area contributed by atoms with Gasteiger partial charge in [-0.1, -0.05) is 12.1 Å². The number of aromatic nitrogens is 1. The quantitative estimate of drug-likeness (QED) is 0.915. The number of carboxylic acids is 1. The van der Waals surface area contributed by atoms with E-state index >= 15 is 0 Å². The smallest absolute Gasteiger partial charge is 0.347 e. The van der Waals surface area contributed by atoms with Crippen molar-refractivity contribution < 1.29 is 14.6 Å². The first kappa shape index (κ1) is 11.6. The third-order valence-electron chi connectivity index (χ3n) is 2.52. The minimum atomic E-state index is -0.942. The molecule has 0 fully saturated rings. The van der Waals surface area contributed by atoms with Crippen molar-refractivity contribution in [1.82, 2.24) is 4.98 Å². The zero-order chi connectivity index (χ0) is 12.5. The average Bonchev–Trinajstić information content (AvgIpc) is 2.88. The molecule has 0 spiro atoms. The van der Waals surface area contributed by atoms with Crippen molar-refractivity contribution in [3.8, 4) is 5.75 Å². The Morgan fingerprint density at radius 3 is 3.06 bits per heavy atom. The number of fused-ring (bicyclic) bond motifs is 1. The van der Waals surface area contributed by atoms with Crippen LogP contribution in [0, 0.1) is 0 Å². The van der Waals surface area contributed by atoms with Crippen molar-refractivity contribution in [2.75, 3.05) is 5.75 Å². The molecule has 1 N–H and O–H groups in total. The number of para-hydroxylation sites is 1. The third kappa shape index (κ3) is 2.09. The number of thiazole rings is 1. The van der Waals surface area contributed by atoms with E-state index in [9.17, 15) is 4.79 Å². The lowest BCUT2D eigenvalue weighted by Crippen LogP contribution is -2.14. The van der Waals surface area contributed by atoms with Gasteiger partial charge in [0.25, 0.3) is 0 Å². The Balaban J connectivity index is 1.85. The van der Waals surface area contributed by atoms with Crippen LogP contribution in [0.2, 0.25) is 0 Å². The summed E-state index contributed by atoms with van der Waals surface area (Å²) < 4.78 is 5.85. The summed E-state index contributed by atoms with van der Waals surface area (Å²) in [5.74, 6) is 0.650. The summed E-state index contributed by atoms with van der Waals surface area (Å²) in [6.07, 6.45) is 1.22. The number of hydrogen-bond donors (Lipinski definition) is 1. The lowest BCUT2D eigenvalue weighted by Gasteiger charge is -2.23. The average molecular weight is 279 g/mol. The Morgan fingerprint density at radius 2 is 2.28 bits per heavy atom. The topological polar surface area (TPSA) is 59.4 Å². The highest BCUT2D eigenvalue weighted by Crippen LogP contribution is 2.40. The number of hydrogen-bond acceptors (Lipinski definition) is 5. The van der Waals surface area contributed by atoms with Gasteiger partial charge in [-0.3, -0.25) is 0 Å². The van der Waals surface area contributed by atoms with Crippen LogP contribution in [0.3, 0.4) is 0 Å². The SMILES string of the molecule is O=C(O)c1cnc(C2CSc3ccccc3O2)s1. The Hall–Kier alpha value is -1.53. The molecule has 4 nitrogen and oxygen atoms in total. The predicted octanol–water partition coefficient (Wildman–Crippen LogP) is 3.07. The molecule has 3 rings (SSSR count). The molecular formula is C12H9NO3S2. The van der Waals surface area contributed by atoms with Gasteiger partial charge in [-0.15, -0.1) is 23.1 Å². The van der Waals surface area contributed by atoms with Gasteiger partial charge in [0.1, 0.15) is 15.6 Å². The third-order valence-corrected chi connectivity index (χ3v) is 4.71. The van der Waals surface area contributed by atoms with Crippen LogP contribution < -0.4 is 4.74 Å². The molecule has 18 heavy (non-hydrogen) atoms. The molecule has 2 heterocycles. The van der Waals surface area contributed by atoms with Crippen molar-refractivity contribution in [1.29, 1.82) is 0 Å². The van der Waals surface area contributed by atoms with Crippen LogP contribution in [-0.4, -0.2) is 21.8 Å². The summed E-state index contributed by atoms with van der Waals surface area (Å²) in [4.78, 5) is 16.3. The van der Waals surface area contributed by atoms with Gasteiger partial charge in [0.15, 0.2) is 6.10 Å². The standard InChI is InChI=1S/C12H9NO3S2/c14-12(15)10-5-13-11(18-10)8-6-17-9-4-2-1-3-7(9)16-8/h1-5,8H,6H2,(H,14,15). The van der Waals surface area contributed by atoms with Crippen molar-refractivity contribution in [3.05, 3.63) is 40.3 Å². The largest absolute Gasteiger partial charge is 0.481 e. The monoisotopic (exact) mass is 279 g/mol. The molecular weight excluding hydrogens is 270 g/mol. The molecule has 0 amide bonds. The molecule has 1 aliphatic rings. The van der Waals surface area contributed by atoms with Gasteiger partial charge in [0.2, 0.25) is 0 Å². The van der Waals surface area contributed by atoms with E-state index in [4.69, 9.17) is 9.84 Å². The molecule has 1 aromatic heterocycles. The van der Waals surface area contributed by atoms with Crippen LogP contribution in [0.5, 0.6) is 5.75 Å². The summed E-state index contributed by atoms with van der Waals surface area (Å²) in [5.41, 5.74) is 0. The molecule has 0 saturated heterocycles. The fourth-order valence-electron chi connectivity index (χ4n) is 1.68. The first-order valence-corrected chi connectivity index (χ1v) is 7.12. The molecule has 0 saturated carbocycles. The van der Waals surface area contributed by atoms with E-state index in [1.54, 1.807) is 11.8 Å². The second kappa shape index (κ2) is 4.62. The van der Waals surface area contributed by atoms with E-state index in [2.05, 4.69) is 4.98 Å². The fraction of sp³-hybridized carbons (Fsp3) is 0.167. The van der Waals surface area contributed by atoms with Crippen molar-refractivity contribution in [2.45, 2.75) is 11.0 Å². The van der Waals surface area contributed by atoms with Crippen molar-refractivity contribution in [2.24, 2.45) is 0 Å². The van der Waals surface area contributed by atoms with E-state index in [1.165, 1.54) is 17.5 Å². The summed E-state index contributed by atoms with van der Waals surface area (Å²) in [6.45, 7) is 0. The van der Waals surface area contributed by atoms with Crippen LogP contribution in [0.15, 0.2) is 35.4 Å². The summed E-state index contributed by atoms with van der Waals surface area (Å²) in [6, 6.07) is 7.83. The molecule has 6 heteroatoms. The van der Waals surface area contributed by atoms with Crippen LogP contribution >= 0.6 is 23.1 Å². The van der Waals surface area contributed by atoms with Gasteiger partial charge in [-0.05, 0) is 12.1 Å². The molecule has 2 aromatic rings. The van der Waals surface area contributed by atoms with E-state index < -0.39 is 5.97 Å². The number of rotatable bonds is 2. The van der Waals surface area contributed by atoms with Crippen molar-refractivity contribution in [3.63, 3.8) is 0 Å². The molecule has 1 unspecified atom stereocenters. The second-order valence-electron chi connectivity index (χ2n) is 3.73. The number of carboxylic acid groups (broad SMARTS) is 1. The molecule has 1 atom stereocenters. The zero-order valence-electron chi connectivity index (χ0n) is 9.20. The van der Waals surface area contributed by atoms with Crippen LogP contribution in [0.4, 0.5) is 0 Å². The number of aromatic carboxylic acids is 1. The number of thioether (sulfide) groups is 1. The number of ether oxygens (including phenoxy) is 1. The van der Waals surface area contributed by atoms with Gasteiger partial charge >= 0.3 is 5.97 Å². The highest BCUT2D eigenvalue weighted by Gasteiger charge is 2.25. The maximum absolute atomic E-state index is 10.8. The molecule has 0 bridgehead atoms. The number of nitrogens with zero attached hydrogens (tertiary/aromatic N) is 1. The Morgan fingerprint density at radius 1 is 1.44 bits per heavy atom. The Labute approximate surface area is 112 Å². The van der Waals surface area contributed by atoms with Gasteiger partial charge in [-0.25, -0.2) is 9.78 Å². The zero-order valence-corrected chi connectivity index (χ0v) is 10.8. The first-order valence-electron chi connectivity index (χ1n) is 5.31. The number of benzene rings is 1. The molecule has 0 radical (unpaired) electrons. The molecule has 0 aliphatic carbocycles. The molecule has 1 aliphatic heterocycles. The Kier molecular flexibility index (Phi) is 2.97. The highest BCUT2D eigenvalue weighted by atomic mass is 32.2. The van der Waals surface area contributed by atoms with Crippen molar-refractivity contribution >= 4 is 29.1 Å². The van der Waals surface area contributed by atoms with Crippen LogP contribution in [0.1, 0.15) is 20.8 Å². The normalized spacial score (nSPS) is 17.9. The second-order valence-corrected chi connectivity index (χ2v) is 5.86. The van der Waals surface area contributed by atoms with E-state index in [0.29, 0.717) is 0 Å². The minimum absolute atomic E-state index is 0.164. The lowest BCUT2D eigenvalue weighted by atomic mass is 10.3. The maximum Gasteiger partial charge on any atom is 0.347 e. The van der Waals surface area contributed by atoms with Crippen LogP contribution in [-0.2, 0) is 0 Å². The van der Waals surface area contributed by atoms with Crippen LogP contribution in [0.25, 0.3) is 0 Å². The Bertz CT molecular complexity index is 597. The fourth-order valence-corrected chi connectivity index (χ4v) is 3.56. The van der Waals surface area contributed by atoms with E-state index in [-0.39, 0.29) is 11.0 Å². The predicted molar refractivity (Wildman–Crippen MR) is 69.6 cm³/mol. The summed E-state index contributed by atoms with van der Waals surface area (Å²) in [7, 11) is 0. The first-order chi connectivity index (χ1) is 8.74. The lowest BCUT2D eigenvalue weighted by molar-refractivity contribution is 0.0702. The summed E-state index contributed by atoms with van der Waals surface area (Å²) >= 11 is 2.88. The highest BCUT2D eigenvalue weighted by molar-refractivity contribution is 7.99. The van der Waals surface area contributed by atoms with E-state index in [0.717, 1.165) is 21.4 Å². The van der Waals surface area contributed by atoms with Gasteiger partial charge < -0.3 is 9.84 Å². The maximum atomic E-state index is 10.8. The van der Waals surface area contributed by atoms with Gasteiger partial charge in [-0.2, -0.15) is 0 Å². The van der Waals surface area contributed by atoms with Gasteiger partial charge in [0, 0.05) is 10.6 Å². The molecule has 1 aromatic carbocycles. The van der Waals surface area contributed by atoms with E-state index in [1.807, 2.05) is 24.3 Å². The van der Waals surface area contributed by atoms with Gasteiger partial charge in [0.05, 0.1) is 6.20 Å². The molecule has 92 valence electrons. The number of carbonyl (C=O) groups is 1. The summed E-state index contributed by atoms with van der Waals surface area (Å²) in [5, 5.41) is 9.60.